The number of carbonyl (C=O) groups excluding carboxylic acids is 1. The number of benzene rings is 1. The highest BCUT2D eigenvalue weighted by Gasteiger charge is 2.13. The molecule has 1 atom stereocenters. The van der Waals surface area contributed by atoms with Crippen molar-refractivity contribution in [2.24, 2.45) is 0 Å². The minimum Gasteiger partial charge on any atom is -0.397 e. The maximum absolute atomic E-state index is 12.8. The molecule has 0 spiro atoms. The molecule has 1 amide bonds. The second-order valence-electron chi connectivity index (χ2n) is 4.21. The van der Waals surface area contributed by atoms with Gasteiger partial charge in [0.15, 0.2) is 0 Å². The first-order valence-electron chi connectivity index (χ1n) is 5.83. The highest BCUT2D eigenvalue weighted by molar-refractivity contribution is 5.99. The summed E-state index contributed by atoms with van der Waals surface area (Å²) < 4.78 is 12.8. The second kappa shape index (κ2) is 5.48. The van der Waals surface area contributed by atoms with Crippen LogP contribution in [0.5, 0.6) is 0 Å². The van der Waals surface area contributed by atoms with Crippen molar-refractivity contribution in [3.8, 4) is 0 Å². The first-order chi connectivity index (χ1) is 9.08. The average Bonchev–Trinajstić information content (AvgIpc) is 2.39. The zero-order valence-electron chi connectivity index (χ0n) is 10.4. The fourth-order valence-electron chi connectivity index (χ4n) is 1.72. The Kier molecular flexibility index (Phi) is 3.75. The number of nitrogens with one attached hydrogen (secondary N) is 1. The molecular weight excluding hydrogens is 245 g/mol. The van der Waals surface area contributed by atoms with Crippen LogP contribution in [0.4, 0.5) is 10.1 Å². The van der Waals surface area contributed by atoms with E-state index >= 15 is 0 Å². The molecule has 2 rings (SSSR count). The van der Waals surface area contributed by atoms with Crippen molar-refractivity contribution >= 4 is 11.6 Å². The summed E-state index contributed by atoms with van der Waals surface area (Å²) in [6.45, 7) is 1.82. The molecule has 1 aromatic heterocycles. The van der Waals surface area contributed by atoms with Gasteiger partial charge in [0.05, 0.1) is 23.5 Å². The lowest BCUT2D eigenvalue weighted by molar-refractivity contribution is 0.0940. The van der Waals surface area contributed by atoms with Crippen LogP contribution in [0.15, 0.2) is 42.7 Å². The van der Waals surface area contributed by atoms with Crippen LogP contribution >= 0.6 is 0 Å². The third-order valence-electron chi connectivity index (χ3n) is 2.81. The number of hydrogen-bond acceptors (Lipinski definition) is 3. The number of nitrogen functional groups attached to an aromatic ring is 1. The summed E-state index contributed by atoms with van der Waals surface area (Å²) in [4.78, 5) is 15.9. The first-order valence-corrected chi connectivity index (χ1v) is 5.83. The molecule has 0 aliphatic rings. The van der Waals surface area contributed by atoms with E-state index in [0.29, 0.717) is 11.3 Å². The highest BCUT2D eigenvalue weighted by atomic mass is 19.1. The molecule has 0 fully saturated rings. The highest BCUT2D eigenvalue weighted by Crippen LogP contribution is 2.15. The molecule has 0 saturated carbocycles. The van der Waals surface area contributed by atoms with Gasteiger partial charge in [0.25, 0.3) is 5.91 Å². The van der Waals surface area contributed by atoms with E-state index in [0.717, 1.165) is 5.56 Å². The van der Waals surface area contributed by atoms with E-state index in [1.54, 1.807) is 18.2 Å². The topological polar surface area (TPSA) is 68.0 Å². The second-order valence-corrected chi connectivity index (χ2v) is 4.21. The van der Waals surface area contributed by atoms with Crippen LogP contribution in [0.25, 0.3) is 0 Å². The van der Waals surface area contributed by atoms with Gasteiger partial charge < -0.3 is 11.1 Å². The largest absolute Gasteiger partial charge is 0.397 e. The summed E-state index contributed by atoms with van der Waals surface area (Å²) in [5.41, 5.74) is 7.21. The van der Waals surface area contributed by atoms with Crippen LogP contribution in [0.2, 0.25) is 0 Å². The number of hydrogen-bond donors (Lipinski definition) is 2. The molecule has 2 aromatic rings. The predicted molar refractivity (Wildman–Crippen MR) is 70.9 cm³/mol. The quantitative estimate of drug-likeness (QED) is 0.888. The van der Waals surface area contributed by atoms with Crippen LogP contribution in [0.1, 0.15) is 28.9 Å². The van der Waals surface area contributed by atoms with Gasteiger partial charge in [-0.15, -0.1) is 0 Å². The van der Waals surface area contributed by atoms with E-state index in [1.165, 1.54) is 24.5 Å². The lowest BCUT2D eigenvalue weighted by atomic mass is 10.1. The molecule has 3 N–H and O–H groups in total. The number of aromatic nitrogens is 1. The third-order valence-corrected chi connectivity index (χ3v) is 2.81. The van der Waals surface area contributed by atoms with E-state index in [9.17, 15) is 9.18 Å². The number of rotatable bonds is 3. The standard InChI is InChI=1S/C14H14FN3O/c1-9(10-2-4-11(15)5-3-10)18-14(19)12-6-7-17-8-13(12)16/h2-9H,16H2,1H3,(H,18,19). The lowest BCUT2D eigenvalue weighted by Crippen LogP contribution is -2.27. The Morgan fingerprint density at radius 2 is 2.00 bits per heavy atom. The van der Waals surface area contributed by atoms with Crippen molar-refractivity contribution in [3.63, 3.8) is 0 Å². The van der Waals surface area contributed by atoms with Crippen molar-refractivity contribution < 1.29 is 9.18 Å². The normalized spacial score (nSPS) is 11.9. The van der Waals surface area contributed by atoms with Gasteiger partial charge in [-0.2, -0.15) is 0 Å². The van der Waals surface area contributed by atoms with Crippen LogP contribution in [0.3, 0.4) is 0 Å². The molecule has 0 saturated heterocycles. The molecule has 0 radical (unpaired) electrons. The molecular formula is C14H14FN3O. The fraction of sp³-hybridized carbons (Fsp3) is 0.143. The molecule has 5 heteroatoms. The van der Waals surface area contributed by atoms with Crippen molar-refractivity contribution in [1.29, 1.82) is 0 Å². The lowest BCUT2D eigenvalue weighted by Gasteiger charge is -2.15. The Bertz CT molecular complexity index is 583. The van der Waals surface area contributed by atoms with Crippen molar-refractivity contribution in [1.82, 2.24) is 10.3 Å². The zero-order chi connectivity index (χ0) is 13.8. The van der Waals surface area contributed by atoms with Gasteiger partial charge >= 0.3 is 0 Å². The first kappa shape index (κ1) is 13.0. The van der Waals surface area contributed by atoms with Gasteiger partial charge in [-0.25, -0.2) is 4.39 Å². The summed E-state index contributed by atoms with van der Waals surface area (Å²) in [6, 6.07) is 7.31. The summed E-state index contributed by atoms with van der Waals surface area (Å²) in [7, 11) is 0. The number of halogens is 1. The minimum atomic E-state index is -0.305. The maximum atomic E-state index is 12.8. The number of anilines is 1. The van der Waals surface area contributed by atoms with Crippen molar-refractivity contribution in [3.05, 3.63) is 59.7 Å². The Morgan fingerprint density at radius 3 is 2.63 bits per heavy atom. The third kappa shape index (κ3) is 3.07. The Hall–Kier alpha value is -2.43. The van der Waals surface area contributed by atoms with Crippen molar-refractivity contribution in [2.75, 3.05) is 5.73 Å². The minimum absolute atomic E-state index is 0.235. The van der Waals surface area contributed by atoms with Crippen LogP contribution in [-0.2, 0) is 0 Å². The molecule has 1 unspecified atom stereocenters. The summed E-state index contributed by atoms with van der Waals surface area (Å²) in [5.74, 6) is -0.586. The molecule has 19 heavy (non-hydrogen) atoms. The monoisotopic (exact) mass is 259 g/mol. The van der Waals surface area contributed by atoms with Crippen LogP contribution in [-0.4, -0.2) is 10.9 Å². The summed E-state index contributed by atoms with van der Waals surface area (Å²) in [6.07, 6.45) is 2.94. The van der Waals surface area contributed by atoms with E-state index in [4.69, 9.17) is 5.73 Å². The summed E-state index contributed by atoms with van der Waals surface area (Å²) >= 11 is 0. The molecule has 98 valence electrons. The van der Waals surface area contributed by atoms with Gasteiger partial charge in [-0.3, -0.25) is 9.78 Å². The fourth-order valence-corrected chi connectivity index (χ4v) is 1.72. The number of carbonyl (C=O) groups is 1. The van der Waals surface area contributed by atoms with E-state index < -0.39 is 0 Å². The molecule has 0 bridgehead atoms. The smallest absolute Gasteiger partial charge is 0.253 e. The Labute approximate surface area is 110 Å². The Morgan fingerprint density at radius 1 is 1.32 bits per heavy atom. The number of nitrogens with two attached hydrogens (primary N) is 1. The summed E-state index contributed by atoms with van der Waals surface area (Å²) in [5, 5.41) is 2.80. The Balaban J connectivity index is 2.11. The van der Waals surface area contributed by atoms with Gasteiger partial charge in [0.1, 0.15) is 5.82 Å². The van der Waals surface area contributed by atoms with Gasteiger partial charge in [0, 0.05) is 6.20 Å². The zero-order valence-corrected chi connectivity index (χ0v) is 10.4. The van der Waals surface area contributed by atoms with Crippen molar-refractivity contribution in [2.45, 2.75) is 13.0 Å². The molecule has 4 nitrogen and oxygen atoms in total. The average molecular weight is 259 g/mol. The SMILES string of the molecule is CC(NC(=O)c1ccncc1N)c1ccc(F)cc1. The molecule has 0 aliphatic carbocycles. The van der Waals surface area contributed by atoms with Gasteiger partial charge in [-0.1, -0.05) is 12.1 Å². The van der Waals surface area contributed by atoms with E-state index in [-0.39, 0.29) is 17.8 Å². The van der Waals surface area contributed by atoms with E-state index in [2.05, 4.69) is 10.3 Å². The molecule has 1 aromatic carbocycles. The van der Waals surface area contributed by atoms with E-state index in [1.807, 2.05) is 6.92 Å². The molecule has 0 aliphatic heterocycles. The maximum Gasteiger partial charge on any atom is 0.253 e. The van der Waals surface area contributed by atoms with Crippen LogP contribution in [0, 0.1) is 5.82 Å². The van der Waals surface area contributed by atoms with Crippen LogP contribution < -0.4 is 11.1 Å². The number of amides is 1. The van der Waals surface area contributed by atoms with Gasteiger partial charge in [-0.05, 0) is 30.7 Å². The predicted octanol–water partition coefficient (Wildman–Crippen LogP) is 2.29. The number of pyridine rings is 1. The van der Waals surface area contributed by atoms with Gasteiger partial charge in [0.2, 0.25) is 0 Å². The molecule has 1 heterocycles. The number of nitrogens with zero attached hydrogens (tertiary/aromatic N) is 1.